The molecule has 28 heavy (non-hydrogen) atoms. The average molecular weight is 408 g/mol. The van der Waals surface area contributed by atoms with Crippen molar-refractivity contribution in [2.24, 2.45) is 5.73 Å². The van der Waals surface area contributed by atoms with E-state index in [1.54, 1.807) is 6.07 Å². The number of morpholine rings is 1. The van der Waals surface area contributed by atoms with Gasteiger partial charge in [0.25, 0.3) is 11.8 Å². The number of benzene rings is 1. The molecule has 2 amide bonds. The monoisotopic (exact) mass is 408 g/mol. The van der Waals surface area contributed by atoms with Gasteiger partial charge in [-0.25, -0.2) is 8.42 Å². The van der Waals surface area contributed by atoms with Crippen LogP contribution in [-0.2, 0) is 21.2 Å². The van der Waals surface area contributed by atoms with E-state index in [1.807, 2.05) is 6.92 Å². The van der Waals surface area contributed by atoms with Gasteiger partial charge in [-0.2, -0.15) is 9.52 Å². The third-order valence-corrected chi connectivity index (χ3v) is 6.29. The highest BCUT2D eigenvalue weighted by Gasteiger charge is 2.29. The van der Waals surface area contributed by atoms with Gasteiger partial charge >= 0.3 is 0 Å². The molecule has 12 heteroatoms. The number of nitrogens with one attached hydrogen (secondary N) is 2. The molecule has 4 N–H and O–H groups in total. The highest BCUT2D eigenvalue weighted by Crippen LogP contribution is 2.24. The van der Waals surface area contributed by atoms with E-state index >= 15 is 0 Å². The molecular formula is C16H20N6O5S. The quantitative estimate of drug-likeness (QED) is 0.593. The zero-order valence-electron chi connectivity index (χ0n) is 15.1. The molecule has 2 aromatic rings. The van der Waals surface area contributed by atoms with Gasteiger partial charge in [-0.3, -0.25) is 9.59 Å². The topological polar surface area (TPSA) is 160 Å². The molecule has 0 bridgehead atoms. The summed E-state index contributed by atoms with van der Waals surface area (Å²) in [6.45, 7) is 2.99. The number of aromatic nitrogens is 3. The number of aryl methyl sites for hydroxylation is 1. The predicted molar refractivity (Wildman–Crippen MR) is 98.3 cm³/mol. The van der Waals surface area contributed by atoms with Gasteiger partial charge in [-0.15, -0.1) is 10.2 Å². The van der Waals surface area contributed by atoms with E-state index in [-0.39, 0.29) is 35.1 Å². The van der Waals surface area contributed by atoms with Crippen molar-refractivity contribution >= 4 is 27.7 Å². The highest BCUT2D eigenvalue weighted by molar-refractivity contribution is 7.89. The van der Waals surface area contributed by atoms with E-state index in [1.165, 1.54) is 16.4 Å². The SMILES string of the molecule is CCc1ccc(C(=O)Nc2n[nH]nc2C(N)=O)cc1S(=O)(=O)N1CCOCC1. The second-order valence-electron chi connectivity index (χ2n) is 6.03. The molecule has 1 aromatic heterocycles. The minimum absolute atomic E-state index is 0.0693. The Morgan fingerprint density at radius 1 is 1.29 bits per heavy atom. The number of anilines is 1. The lowest BCUT2D eigenvalue weighted by molar-refractivity contribution is 0.0730. The van der Waals surface area contributed by atoms with Crippen molar-refractivity contribution in [1.29, 1.82) is 0 Å². The maximum Gasteiger partial charge on any atom is 0.273 e. The molecule has 1 aliphatic rings. The third kappa shape index (κ3) is 3.88. The Morgan fingerprint density at radius 3 is 2.64 bits per heavy atom. The van der Waals surface area contributed by atoms with Gasteiger partial charge < -0.3 is 15.8 Å². The van der Waals surface area contributed by atoms with Crippen LogP contribution in [-0.4, -0.2) is 66.3 Å². The molecule has 1 fully saturated rings. The largest absolute Gasteiger partial charge is 0.379 e. The van der Waals surface area contributed by atoms with Crippen molar-refractivity contribution in [3.05, 3.63) is 35.0 Å². The number of hydrogen-bond donors (Lipinski definition) is 3. The summed E-state index contributed by atoms with van der Waals surface area (Å²) in [5.74, 6) is -1.63. The van der Waals surface area contributed by atoms with E-state index in [4.69, 9.17) is 10.5 Å². The molecule has 1 aromatic carbocycles. The number of rotatable bonds is 6. The van der Waals surface area contributed by atoms with Gasteiger partial charge in [0.05, 0.1) is 18.1 Å². The van der Waals surface area contributed by atoms with E-state index in [9.17, 15) is 18.0 Å². The Balaban J connectivity index is 1.93. The summed E-state index contributed by atoms with van der Waals surface area (Å²) in [7, 11) is -3.78. The zero-order valence-corrected chi connectivity index (χ0v) is 16.0. The zero-order chi connectivity index (χ0) is 20.3. The van der Waals surface area contributed by atoms with E-state index in [2.05, 4.69) is 20.7 Å². The maximum absolute atomic E-state index is 13.1. The van der Waals surface area contributed by atoms with Gasteiger partial charge in [0.15, 0.2) is 11.5 Å². The maximum atomic E-state index is 13.1. The Kier molecular flexibility index (Phi) is 5.72. The number of sulfonamides is 1. The first-order valence-corrected chi connectivity index (χ1v) is 10.0. The third-order valence-electron chi connectivity index (χ3n) is 4.31. The molecule has 3 rings (SSSR count). The van der Waals surface area contributed by atoms with Crippen molar-refractivity contribution in [2.75, 3.05) is 31.6 Å². The lowest BCUT2D eigenvalue weighted by Crippen LogP contribution is -2.41. The van der Waals surface area contributed by atoms with Gasteiger partial charge in [0, 0.05) is 18.7 Å². The van der Waals surface area contributed by atoms with E-state index < -0.39 is 21.8 Å². The van der Waals surface area contributed by atoms with Crippen LogP contribution in [0.25, 0.3) is 0 Å². The first kappa shape index (κ1) is 19.9. The summed E-state index contributed by atoms with van der Waals surface area (Å²) in [5, 5.41) is 11.9. The normalized spacial score (nSPS) is 15.3. The molecule has 1 saturated heterocycles. The lowest BCUT2D eigenvalue weighted by atomic mass is 10.1. The van der Waals surface area contributed by atoms with E-state index in [0.29, 0.717) is 25.2 Å². The molecule has 11 nitrogen and oxygen atoms in total. The van der Waals surface area contributed by atoms with Gasteiger partial charge in [-0.1, -0.05) is 13.0 Å². The molecule has 0 unspecified atom stereocenters. The van der Waals surface area contributed by atoms with Crippen LogP contribution in [0.15, 0.2) is 23.1 Å². The molecule has 1 aliphatic heterocycles. The number of ether oxygens (including phenoxy) is 1. The fourth-order valence-electron chi connectivity index (χ4n) is 2.82. The second-order valence-corrected chi connectivity index (χ2v) is 7.94. The number of H-pyrrole nitrogens is 1. The molecule has 150 valence electrons. The molecule has 0 spiro atoms. The van der Waals surface area contributed by atoms with Crippen molar-refractivity contribution in [2.45, 2.75) is 18.2 Å². The van der Waals surface area contributed by atoms with Crippen molar-refractivity contribution in [1.82, 2.24) is 19.7 Å². The fourth-order valence-corrected chi connectivity index (χ4v) is 4.55. The molecule has 0 atom stereocenters. The Morgan fingerprint density at radius 2 is 2.00 bits per heavy atom. The van der Waals surface area contributed by atoms with Crippen LogP contribution >= 0.6 is 0 Å². The summed E-state index contributed by atoms with van der Waals surface area (Å²) in [6, 6.07) is 4.43. The second kappa shape index (κ2) is 8.04. The summed E-state index contributed by atoms with van der Waals surface area (Å²) < 4.78 is 32.7. The first-order valence-electron chi connectivity index (χ1n) is 8.57. The minimum atomic E-state index is -3.78. The van der Waals surface area contributed by atoms with Crippen molar-refractivity contribution in [3.63, 3.8) is 0 Å². The fraction of sp³-hybridized carbons (Fsp3) is 0.375. The standard InChI is InChI=1S/C16H20N6O5S/c1-2-10-3-4-11(16(24)18-15-13(14(17)23)19-21-20-15)9-12(10)28(25,26)22-5-7-27-8-6-22/h3-4,9H,2,5-8H2,1H3,(H2,17,23)(H2,18,19,20,21,24). The minimum Gasteiger partial charge on any atom is -0.379 e. The molecule has 0 aliphatic carbocycles. The van der Waals surface area contributed by atoms with Crippen LogP contribution in [0.5, 0.6) is 0 Å². The van der Waals surface area contributed by atoms with Crippen LogP contribution in [0.2, 0.25) is 0 Å². The Hall–Kier alpha value is -2.83. The molecule has 2 heterocycles. The number of amides is 2. The van der Waals surface area contributed by atoms with Crippen LogP contribution < -0.4 is 11.1 Å². The number of carbonyl (C=O) groups excluding carboxylic acids is 2. The average Bonchev–Trinajstić information content (AvgIpc) is 3.16. The predicted octanol–water partition coefficient (Wildman–Crippen LogP) is -0.261. The molecule has 0 saturated carbocycles. The number of nitrogens with zero attached hydrogens (tertiary/aromatic N) is 3. The smallest absolute Gasteiger partial charge is 0.273 e. The van der Waals surface area contributed by atoms with Crippen LogP contribution in [0.3, 0.4) is 0 Å². The number of primary amides is 1. The Labute approximate surface area is 161 Å². The molecule has 0 radical (unpaired) electrons. The summed E-state index contributed by atoms with van der Waals surface area (Å²) in [5.41, 5.74) is 5.64. The van der Waals surface area contributed by atoms with Gasteiger partial charge in [0.1, 0.15) is 0 Å². The van der Waals surface area contributed by atoms with Gasteiger partial charge in [0.2, 0.25) is 10.0 Å². The number of carbonyl (C=O) groups is 2. The lowest BCUT2D eigenvalue weighted by Gasteiger charge is -2.27. The van der Waals surface area contributed by atoms with Crippen LogP contribution in [0.4, 0.5) is 5.82 Å². The number of aromatic amines is 1. The van der Waals surface area contributed by atoms with Crippen LogP contribution in [0.1, 0.15) is 33.3 Å². The summed E-state index contributed by atoms with van der Waals surface area (Å²) in [6.07, 6.45) is 0.482. The number of hydrogen-bond acceptors (Lipinski definition) is 7. The summed E-state index contributed by atoms with van der Waals surface area (Å²) in [4.78, 5) is 23.9. The summed E-state index contributed by atoms with van der Waals surface area (Å²) >= 11 is 0. The van der Waals surface area contributed by atoms with Crippen molar-refractivity contribution in [3.8, 4) is 0 Å². The van der Waals surface area contributed by atoms with Crippen LogP contribution in [0, 0.1) is 0 Å². The first-order chi connectivity index (χ1) is 13.3. The van der Waals surface area contributed by atoms with Gasteiger partial charge in [-0.05, 0) is 24.1 Å². The van der Waals surface area contributed by atoms with E-state index in [0.717, 1.165) is 0 Å². The van der Waals surface area contributed by atoms with Crippen molar-refractivity contribution < 1.29 is 22.7 Å². The highest BCUT2D eigenvalue weighted by atomic mass is 32.2. The Bertz CT molecular complexity index is 997. The number of nitrogens with two attached hydrogens (primary N) is 1. The molecular weight excluding hydrogens is 388 g/mol.